The van der Waals surface area contributed by atoms with Gasteiger partial charge < -0.3 is 5.11 Å². The van der Waals surface area contributed by atoms with Crippen LogP contribution in [0, 0.1) is 0 Å². The van der Waals surface area contributed by atoms with Gasteiger partial charge in [-0.15, -0.1) is 0 Å². The van der Waals surface area contributed by atoms with E-state index in [0.29, 0.717) is 5.75 Å². The van der Waals surface area contributed by atoms with Crippen molar-refractivity contribution in [2.45, 2.75) is 12.2 Å². The lowest BCUT2D eigenvalue weighted by Crippen LogP contribution is -2.06. The lowest BCUT2D eigenvalue weighted by atomic mass is 10.2. The molecule has 0 unspecified atom stereocenters. The summed E-state index contributed by atoms with van der Waals surface area (Å²) in [5.41, 5.74) is 0.983. The number of benzene rings is 1. The number of hydrogen-bond acceptors (Lipinski definition) is 2. The van der Waals surface area contributed by atoms with Crippen molar-refractivity contribution in [2.75, 3.05) is 5.75 Å². The molecule has 0 aliphatic rings. The van der Waals surface area contributed by atoms with Crippen molar-refractivity contribution in [1.82, 2.24) is 0 Å². The van der Waals surface area contributed by atoms with Gasteiger partial charge in [0.15, 0.2) is 0 Å². The standard InChI is InChI=1S/C10H12O3S/c11-10(12)6-7-14(13)8-9-4-2-1-3-5-9/h1-5H,6-8H2,(H,11,12)/t14-/m0/s1. The molecule has 76 valence electrons. The molecule has 0 aliphatic heterocycles. The molecule has 0 amide bonds. The second kappa shape index (κ2) is 5.54. The van der Waals surface area contributed by atoms with Crippen molar-refractivity contribution in [3.05, 3.63) is 35.9 Å². The molecule has 1 N–H and O–H groups in total. The Hall–Kier alpha value is -1.16. The number of hydrogen-bond donors (Lipinski definition) is 1. The normalized spacial score (nSPS) is 12.3. The molecule has 0 saturated heterocycles. The van der Waals surface area contributed by atoms with E-state index in [-0.39, 0.29) is 12.2 Å². The summed E-state index contributed by atoms with van der Waals surface area (Å²) < 4.78 is 11.4. The van der Waals surface area contributed by atoms with E-state index in [1.165, 1.54) is 0 Å². The lowest BCUT2D eigenvalue weighted by molar-refractivity contribution is -0.136. The van der Waals surface area contributed by atoms with Crippen LogP contribution in [0.2, 0.25) is 0 Å². The van der Waals surface area contributed by atoms with E-state index in [9.17, 15) is 9.00 Å². The topological polar surface area (TPSA) is 54.4 Å². The van der Waals surface area contributed by atoms with Gasteiger partial charge >= 0.3 is 5.97 Å². The van der Waals surface area contributed by atoms with Gasteiger partial charge in [0.25, 0.3) is 0 Å². The van der Waals surface area contributed by atoms with Crippen LogP contribution in [-0.4, -0.2) is 21.0 Å². The maximum absolute atomic E-state index is 11.4. The largest absolute Gasteiger partial charge is 0.481 e. The van der Waals surface area contributed by atoms with E-state index in [1.807, 2.05) is 30.3 Å². The smallest absolute Gasteiger partial charge is 0.304 e. The quantitative estimate of drug-likeness (QED) is 0.802. The number of carboxylic acid groups (broad SMARTS) is 1. The van der Waals surface area contributed by atoms with Crippen molar-refractivity contribution in [3.8, 4) is 0 Å². The molecule has 14 heavy (non-hydrogen) atoms. The van der Waals surface area contributed by atoms with Gasteiger partial charge in [-0.1, -0.05) is 30.3 Å². The molecule has 0 spiro atoms. The summed E-state index contributed by atoms with van der Waals surface area (Å²) in [7, 11) is -1.07. The Kier molecular flexibility index (Phi) is 4.32. The average Bonchev–Trinajstić information content (AvgIpc) is 2.16. The molecule has 1 atom stereocenters. The highest BCUT2D eigenvalue weighted by Gasteiger charge is 2.04. The van der Waals surface area contributed by atoms with Crippen molar-refractivity contribution >= 4 is 16.8 Å². The van der Waals surface area contributed by atoms with Crippen LogP contribution in [0.5, 0.6) is 0 Å². The summed E-state index contributed by atoms with van der Waals surface area (Å²) in [4.78, 5) is 10.2. The second-order valence-electron chi connectivity index (χ2n) is 2.92. The summed E-state index contributed by atoms with van der Waals surface area (Å²) in [6, 6.07) is 9.43. The Morgan fingerprint density at radius 1 is 1.29 bits per heavy atom. The first-order valence-corrected chi connectivity index (χ1v) is 5.78. The first-order valence-electron chi connectivity index (χ1n) is 4.29. The lowest BCUT2D eigenvalue weighted by Gasteiger charge is -2.00. The van der Waals surface area contributed by atoms with E-state index in [2.05, 4.69) is 0 Å². The highest BCUT2D eigenvalue weighted by molar-refractivity contribution is 7.84. The predicted octanol–water partition coefficient (Wildman–Crippen LogP) is 1.41. The Labute approximate surface area is 85.2 Å². The summed E-state index contributed by atoms with van der Waals surface area (Å²) in [6.07, 6.45) is -0.0283. The molecule has 0 heterocycles. The van der Waals surface area contributed by atoms with Crippen LogP contribution in [0.15, 0.2) is 30.3 Å². The fourth-order valence-electron chi connectivity index (χ4n) is 1.03. The predicted molar refractivity (Wildman–Crippen MR) is 55.4 cm³/mol. The molecular formula is C10H12O3S. The van der Waals surface area contributed by atoms with E-state index in [1.54, 1.807) is 0 Å². The zero-order valence-corrected chi connectivity index (χ0v) is 8.50. The first-order chi connectivity index (χ1) is 6.68. The minimum absolute atomic E-state index is 0.0283. The van der Waals surface area contributed by atoms with Gasteiger partial charge in [-0.05, 0) is 5.56 Å². The summed E-state index contributed by atoms with van der Waals surface area (Å²) >= 11 is 0. The van der Waals surface area contributed by atoms with Crippen LogP contribution in [0.25, 0.3) is 0 Å². The Morgan fingerprint density at radius 2 is 1.93 bits per heavy atom. The monoisotopic (exact) mass is 212 g/mol. The van der Waals surface area contributed by atoms with Gasteiger partial charge in [0, 0.05) is 22.3 Å². The minimum atomic E-state index is -1.07. The highest BCUT2D eigenvalue weighted by atomic mass is 32.2. The van der Waals surface area contributed by atoms with E-state index < -0.39 is 16.8 Å². The third kappa shape index (κ3) is 4.18. The zero-order chi connectivity index (χ0) is 10.4. The van der Waals surface area contributed by atoms with Gasteiger partial charge in [0.05, 0.1) is 6.42 Å². The number of rotatable bonds is 5. The highest BCUT2D eigenvalue weighted by Crippen LogP contribution is 2.03. The van der Waals surface area contributed by atoms with Gasteiger partial charge in [-0.3, -0.25) is 9.00 Å². The average molecular weight is 212 g/mol. The molecule has 0 saturated carbocycles. The molecule has 0 radical (unpaired) electrons. The molecule has 1 aromatic carbocycles. The number of carboxylic acids is 1. The van der Waals surface area contributed by atoms with Crippen LogP contribution in [0.4, 0.5) is 0 Å². The molecule has 0 bridgehead atoms. The summed E-state index contributed by atoms with van der Waals surface area (Å²) in [5.74, 6) is -0.232. The molecule has 3 nitrogen and oxygen atoms in total. The van der Waals surface area contributed by atoms with Crippen LogP contribution in [0.3, 0.4) is 0 Å². The third-order valence-corrected chi connectivity index (χ3v) is 3.03. The Morgan fingerprint density at radius 3 is 2.50 bits per heavy atom. The van der Waals surface area contributed by atoms with Crippen LogP contribution in [0.1, 0.15) is 12.0 Å². The number of aliphatic carboxylic acids is 1. The second-order valence-corrected chi connectivity index (χ2v) is 4.49. The Bertz CT molecular complexity index is 321. The zero-order valence-electron chi connectivity index (χ0n) is 7.68. The van der Waals surface area contributed by atoms with E-state index in [4.69, 9.17) is 5.11 Å². The van der Waals surface area contributed by atoms with Crippen LogP contribution >= 0.6 is 0 Å². The Balaban J connectivity index is 2.38. The molecule has 1 rings (SSSR count). The molecule has 0 fully saturated rings. The number of carbonyl (C=O) groups is 1. The van der Waals surface area contributed by atoms with Crippen molar-refractivity contribution < 1.29 is 14.1 Å². The maximum atomic E-state index is 11.4. The molecule has 4 heteroatoms. The van der Waals surface area contributed by atoms with Crippen LogP contribution < -0.4 is 0 Å². The summed E-state index contributed by atoms with van der Waals surface area (Å²) in [6.45, 7) is 0. The van der Waals surface area contributed by atoms with E-state index in [0.717, 1.165) is 5.56 Å². The van der Waals surface area contributed by atoms with Gasteiger partial charge in [-0.2, -0.15) is 0 Å². The molecule has 0 aromatic heterocycles. The molecule has 0 aliphatic carbocycles. The third-order valence-electron chi connectivity index (χ3n) is 1.71. The SMILES string of the molecule is O=C(O)CC[S@](=O)Cc1ccccc1. The van der Waals surface area contributed by atoms with Crippen LogP contribution in [-0.2, 0) is 21.3 Å². The summed E-state index contributed by atoms with van der Waals surface area (Å²) in [5, 5.41) is 8.39. The molecular weight excluding hydrogens is 200 g/mol. The van der Waals surface area contributed by atoms with Crippen molar-refractivity contribution in [3.63, 3.8) is 0 Å². The van der Waals surface area contributed by atoms with Crippen molar-refractivity contribution in [1.29, 1.82) is 0 Å². The van der Waals surface area contributed by atoms with Gasteiger partial charge in [-0.25, -0.2) is 0 Å². The fraction of sp³-hybridized carbons (Fsp3) is 0.300. The van der Waals surface area contributed by atoms with Gasteiger partial charge in [0.1, 0.15) is 0 Å². The minimum Gasteiger partial charge on any atom is -0.481 e. The maximum Gasteiger partial charge on any atom is 0.304 e. The first kappa shape index (κ1) is 10.9. The van der Waals surface area contributed by atoms with Gasteiger partial charge in [0.2, 0.25) is 0 Å². The molecule has 1 aromatic rings. The fourth-order valence-corrected chi connectivity index (χ4v) is 2.14. The van der Waals surface area contributed by atoms with E-state index >= 15 is 0 Å². The van der Waals surface area contributed by atoms with Crippen molar-refractivity contribution in [2.24, 2.45) is 0 Å².